The van der Waals surface area contributed by atoms with Gasteiger partial charge < -0.3 is 4.90 Å². The molecule has 0 spiro atoms. The van der Waals surface area contributed by atoms with E-state index in [9.17, 15) is 4.79 Å². The lowest BCUT2D eigenvalue weighted by molar-refractivity contribution is -0.130. The molecule has 0 atom stereocenters. The minimum Gasteiger partial charge on any atom is -0.341 e. The summed E-state index contributed by atoms with van der Waals surface area (Å²) in [5, 5.41) is 5.62. The van der Waals surface area contributed by atoms with Crippen molar-refractivity contribution in [2.45, 2.75) is 26.3 Å². The number of aryl methyl sites for hydroxylation is 1. The standard InChI is InChI=1S/C19H20N4O/c1-14-18-16(15-7-3-2-4-8-15)9-10-20-19(18)23(21-14)13-17(24)22-11-5-6-12-22/h2-4,7-10H,5-6,11-13H2,1H3. The van der Waals surface area contributed by atoms with Crippen LogP contribution in [0.4, 0.5) is 0 Å². The normalized spacial score (nSPS) is 14.5. The third-order valence-corrected chi connectivity index (χ3v) is 4.64. The minimum absolute atomic E-state index is 0.129. The maximum Gasteiger partial charge on any atom is 0.244 e. The van der Waals surface area contributed by atoms with Crippen molar-refractivity contribution in [3.8, 4) is 11.1 Å². The number of aromatic nitrogens is 3. The van der Waals surface area contributed by atoms with Crippen LogP contribution in [0, 0.1) is 6.92 Å². The van der Waals surface area contributed by atoms with Gasteiger partial charge in [0.15, 0.2) is 5.65 Å². The summed E-state index contributed by atoms with van der Waals surface area (Å²) in [5.74, 6) is 0.129. The van der Waals surface area contributed by atoms with Crippen molar-refractivity contribution < 1.29 is 4.79 Å². The van der Waals surface area contributed by atoms with E-state index in [1.165, 1.54) is 0 Å². The Bertz CT molecular complexity index is 879. The van der Waals surface area contributed by atoms with Crippen LogP contribution in [0.3, 0.4) is 0 Å². The number of hydrogen-bond acceptors (Lipinski definition) is 3. The molecule has 5 nitrogen and oxygen atoms in total. The highest BCUT2D eigenvalue weighted by molar-refractivity contribution is 5.95. The molecule has 0 N–H and O–H groups in total. The van der Waals surface area contributed by atoms with Gasteiger partial charge in [-0.25, -0.2) is 9.67 Å². The highest BCUT2D eigenvalue weighted by Crippen LogP contribution is 2.29. The molecule has 0 bridgehead atoms. The number of carbonyl (C=O) groups excluding carboxylic acids is 1. The Morgan fingerprint density at radius 1 is 1.12 bits per heavy atom. The predicted octanol–water partition coefficient (Wildman–Crippen LogP) is 3.03. The molecule has 0 unspecified atom stereocenters. The van der Waals surface area contributed by atoms with Gasteiger partial charge >= 0.3 is 0 Å². The van der Waals surface area contributed by atoms with Crippen LogP contribution in [-0.4, -0.2) is 38.7 Å². The van der Waals surface area contributed by atoms with E-state index in [0.29, 0.717) is 0 Å². The van der Waals surface area contributed by atoms with E-state index < -0.39 is 0 Å². The first-order chi connectivity index (χ1) is 11.7. The summed E-state index contributed by atoms with van der Waals surface area (Å²) in [4.78, 5) is 18.9. The van der Waals surface area contributed by atoms with Crippen LogP contribution in [0.15, 0.2) is 42.6 Å². The van der Waals surface area contributed by atoms with Crippen LogP contribution < -0.4 is 0 Å². The van der Waals surface area contributed by atoms with Gasteiger partial charge in [0.1, 0.15) is 6.54 Å². The van der Waals surface area contributed by atoms with Crippen molar-refractivity contribution in [3.63, 3.8) is 0 Å². The molecule has 3 aromatic rings. The van der Waals surface area contributed by atoms with E-state index in [-0.39, 0.29) is 12.5 Å². The first kappa shape index (κ1) is 14.9. The number of amides is 1. The first-order valence-corrected chi connectivity index (χ1v) is 8.39. The molecular weight excluding hydrogens is 300 g/mol. The van der Waals surface area contributed by atoms with Crippen molar-refractivity contribution in [2.75, 3.05) is 13.1 Å². The summed E-state index contributed by atoms with van der Waals surface area (Å²) in [6.07, 6.45) is 3.99. The second-order valence-corrected chi connectivity index (χ2v) is 6.25. The summed E-state index contributed by atoms with van der Waals surface area (Å²) < 4.78 is 1.75. The fourth-order valence-corrected chi connectivity index (χ4v) is 3.44. The summed E-state index contributed by atoms with van der Waals surface area (Å²) in [6, 6.07) is 12.2. The highest BCUT2D eigenvalue weighted by Gasteiger charge is 2.21. The van der Waals surface area contributed by atoms with Gasteiger partial charge in [0.05, 0.1) is 5.69 Å². The second kappa shape index (κ2) is 6.07. The van der Waals surface area contributed by atoms with Crippen LogP contribution in [0.25, 0.3) is 22.2 Å². The lowest BCUT2D eigenvalue weighted by Crippen LogP contribution is -2.31. The summed E-state index contributed by atoms with van der Waals surface area (Å²) >= 11 is 0. The number of rotatable bonds is 3. The molecule has 0 radical (unpaired) electrons. The Kier molecular flexibility index (Phi) is 3.76. The van der Waals surface area contributed by atoms with E-state index in [1.807, 2.05) is 36.1 Å². The van der Waals surface area contributed by atoms with Gasteiger partial charge in [-0.3, -0.25) is 4.79 Å². The average molecular weight is 320 g/mol. The van der Waals surface area contributed by atoms with E-state index in [0.717, 1.165) is 53.8 Å². The van der Waals surface area contributed by atoms with E-state index >= 15 is 0 Å². The van der Waals surface area contributed by atoms with E-state index in [4.69, 9.17) is 0 Å². The molecule has 1 aliphatic heterocycles. The molecule has 24 heavy (non-hydrogen) atoms. The fraction of sp³-hybridized carbons (Fsp3) is 0.316. The zero-order chi connectivity index (χ0) is 16.5. The smallest absolute Gasteiger partial charge is 0.244 e. The zero-order valence-corrected chi connectivity index (χ0v) is 13.8. The molecule has 1 aliphatic rings. The number of nitrogens with zero attached hydrogens (tertiary/aromatic N) is 4. The number of fused-ring (bicyclic) bond motifs is 1. The van der Waals surface area contributed by atoms with Gasteiger partial charge in [-0.05, 0) is 37.0 Å². The molecule has 1 saturated heterocycles. The molecule has 5 heteroatoms. The van der Waals surface area contributed by atoms with Crippen molar-refractivity contribution in [3.05, 3.63) is 48.3 Å². The monoisotopic (exact) mass is 320 g/mol. The maximum absolute atomic E-state index is 12.5. The number of likely N-dealkylation sites (tertiary alicyclic amines) is 1. The van der Waals surface area contributed by atoms with Gasteiger partial charge in [-0.1, -0.05) is 30.3 Å². The Morgan fingerprint density at radius 2 is 1.88 bits per heavy atom. The number of benzene rings is 1. The maximum atomic E-state index is 12.5. The highest BCUT2D eigenvalue weighted by atomic mass is 16.2. The van der Waals surface area contributed by atoms with Gasteiger partial charge in [-0.15, -0.1) is 0 Å². The lowest BCUT2D eigenvalue weighted by atomic mass is 10.0. The largest absolute Gasteiger partial charge is 0.341 e. The SMILES string of the molecule is Cc1nn(CC(=O)N2CCCC2)c2nccc(-c3ccccc3)c12. The second-order valence-electron chi connectivity index (χ2n) is 6.25. The van der Waals surface area contributed by atoms with Crippen LogP contribution >= 0.6 is 0 Å². The summed E-state index contributed by atoms with van der Waals surface area (Å²) in [6.45, 7) is 3.96. The predicted molar refractivity (Wildman–Crippen MR) is 93.5 cm³/mol. The molecule has 1 amide bonds. The molecule has 1 aromatic carbocycles. The molecule has 0 saturated carbocycles. The quantitative estimate of drug-likeness (QED) is 0.745. The Balaban J connectivity index is 1.75. The third-order valence-electron chi connectivity index (χ3n) is 4.64. The van der Waals surface area contributed by atoms with Crippen molar-refractivity contribution in [1.82, 2.24) is 19.7 Å². The van der Waals surface area contributed by atoms with Gasteiger partial charge in [0.25, 0.3) is 0 Å². The lowest BCUT2D eigenvalue weighted by Gasteiger charge is -2.15. The molecule has 122 valence electrons. The Hall–Kier alpha value is -2.69. The van der Waals surface area contributed by atoms with E-state index in [2.05, 4.69) is 22.2 Å². The molecule has 4 rings (SSSR count). The summed E-state index contributed by atoms with van der Waals surface area (Å²) in [5.41, 5.74) is 3.93. The number of hydrogen-bond donors (Lipinski definition) is 0. The topological polar surface area (TPSA) is 51.0 Å². The zero-order valence-electron chi connectivity index (χ0n) is 13.8. The van der Waals surface area contributed by atoms with E-state index in [1.54, 1.807) is 10.9 Å². The van der Waals surface area contributed by atoms with Crippen LogP contribution in [0.2, 0.25) is 0 Å². The molecular formula is C19H20N4O. The third kappa shape index (κ3) is 2.56. The van der Waals surface area contributed by atoms with Crippen LogP contribution in [-0.2, 0) is 11.3 Å². The van der Waals surface area contributed by atoms with Crippen molar-refractivity contribution >= 4 is 16.9 Å². The van der Waals surface area contributed by atoms with Gasteiger partial charge in [0.2, 0.25) is 5.91 Å². The Morgan fingerprint density at radius 3 is 2.62 bits per heavy atom. The van der Waals surface area contributed by atoms with Crippen LogP contribution in [0.5, 0.6) is 0 Å². The van der Waals surface area contributed by atoms with Crippen LogP contribution in [0.1, 0.15) is 18.5 Å². The minimum atomic E-state index is 0.129. The van der Waals surface area contributed by atoms with Crippen molar-refractivity contribution in [1.29, 1.82) is 0 Å². The molecule has 2 aromatic heterocycles. The first-order valence-electron chi connectivity index (χ1n) is 8.39. The van der Waals surface area contributed by atoms with Gasteiger partial charge in [0, 0.05) is 24.7 Å². The number of carbonyl (C=O) groups is 1. The average Bonchev–Trinajstić information content (AvgIpc) is 3.25. The number of pyridine rings is 1. The molecule has 0 aliphatic carbocycles. The van der Waals surface area contributed by atoms with Gasteiger partial charge in [-0.2, -0.15) is 5.10 Å². The molecule has 3 heterocycles. The van der Waals surface area contributed by atoms with Crippen molar-refractivity contribution in [2.24, 2.45) is 0 Å². The Labute approximate surface area is 140 Å². The fourth-order valence-electron chi connectivity index (χ4n) is 3.44. The molecule has 1 fully saturated rings. The summed E-state index contributed by atoms with van der Waals surface area (Å²) in [7, 11) is 0.